The first kappa shape index (κ1) is 49.5. The lowest BCUT2D eigenvalue weighted by Crippen LogP contribution is -2.55. The van der Waals surface area contributed by atoms with Gasteiger partial charge in [0, 0.05) is 19.3 Å². The second kappa shape index (κ2) is 35.5. The normalized spacial score (nSPS) is 13.9. The number of carboxylic acid groups (broad SMARTS) is 1. The van der Waals surface area contributed by atoms with E-state index in [0.29, 0.717) is 12.8 Å². The second-order valence-corrected chi connectivity index (χ2v) is 14.2. The highest BCUT2D eigenvalue weighted by Crippen LogP contribution is 2.11. The molecule has 0 fully saturated rings. The number of ether oxygens (including phenoxy) is 3. The minimum Gasteiger partial charge on any atom is -0.544 e. The van der Waals surface area contributed by atoms with Crippen molar-refractivity contribution in [3.05, 3.63) is 85.1 Å². The summed E-state index contributed by atoms with van der Waals surface area (Å²) in [5.41, 5.74) is 0. The average molecular weight is 740 g/mol. The third kappa shape index (κ3) is 34.1. The van der Waals surface area contributed by atoms with Crippen LogP contribution >= 0.6 is 0 Å². The molecule has 0 saturated carbocycles. The van der Waals surface area contributed by atoms with E-state index in [0.717, 1.165) is 70.6 Å². The largest absolute Gasteiger partial charge is 0.544 e. The van der Waals surface area contributed by atoms with E-state index >= 15 is 0 Å². The number of esters is 2. The fourth-order valence-corrected chi connectivity index (χ4v) is 5.22. The van der Waals surface area contributed by atoms with Crippen molar-refractivity contribution in [3.63, 3.8) is 0 Å². The van der Waals surface area contributed by atoms with Crippen LogP contribution in [0.2, 0.25) is 0 Å². The van der Waals surface area contributed by atoms with Gasteiger partial charge in [0.15, 0.2) is 6.10 Å². The van der Waals surface area contributed by atoms with Crippen molar-refractivity contribution in [2.24, 2.45) is 0 Å². The monoisotopic (exact) mass is 740 g/mol. The van der Waals surface area contributed by atoms with Crippen molar-refractivity contribution in [1.82, 2.24) is 0 Å². The van der Waals surface area contributed by atoms with Gasteiger partial charge < -0.3 is 28.6 Å². The maximum atomic E-state index is 12.6. The number of hydrogen-bond donors (Lipinski definition) is 0. The number of unbranched alkanes of at least 4 members (excludes halogenated alkanes) is 9. The Kier molecular flexibility index (Phi) is 33.2. The zero-order chi connectivity index (χ0) is 39.3. The van der Waals surface area contributed by atoms with Crippen LogP contribution in [0.1, 0.15) is 129 Å². The summed E-state index contributed by atoms with van der Waals surface area (Å²) >= 11 is 0. The van der Waals surface area contributed by atoms with Gasteiger partial charge in [-0.3, -0.25) is 9.59 Å². The molecule has 2 atom stereocenters. The van der Waals surface area contributed by atoms with E-state index in [4.69, 9.17) is 14.2 Å². The first-order chi connectivity index (χ1) is 25.6. The molecule has 0 N–H and O–H groups in total. The Balaban J connectivity index is 4.49. The van der Waals surface area contributed by atoms with Crippen LogP contribution in [0.3, 0.4) is 0 Å². The number of quaternary nitrogens is 1. The molecule has 0 aromatic carbocycles. The third-order valence-electron chi connectivity index (χ3n) is 8.36. The van der Waals surface area contributed by atoms with Crippen LogP contribution < -0.4 is 5.11 Å². The summed E-state index contributed by atoms with van der Waals surface area (Å²) in [4.78, 5) is 36.7. The van der Waals surface area contributed by atoms with Gasteiger partial charge in [0.25, 0.3) is 0 Å². The summed E-state index contributed by atoms with van der Waals surface area (Å²) in [6, 6.07) is -0.742. The maximum absolute atomic E-state index is 12.6. The van der Waals surface area contributed by atoms with E-state index in [1.165, 1.54) is 19.3 Å². The molecule has 53 heavy (non-hydrogen) atoms. The number of rotatable bonds is 34. The molecule has 8 nitrogen and oxygen atoms in total. The van der Waals surface area contributed by atoms with Gasteiger partial charge in [-0.15, -0.1) is 0 Å². The van der Waals surface area contributed by atoms with Gasteiger partial charge in [-0.25, -0.2) is 0 Å². The summed E-state index contributed by atoms with van der Waals surface area (Å²) in [7, 11) is 5.36. The van der Waals surface area contributed by atoms with Crippen LogP contribution in [0.25, 0.3) is 0 Å². The molecular weight excluding hydrogens is 666 g/mol. The summed E-state index contributed by atoms with van der Waals surface area (Å²) in [6.45, 7) is 4.39. The minimum absolute atomic E-state index is 0.00703. The Labute approximate surface area is 323 Å². The number of hydrogen-bond acceptors (Lipinski definition) is 7. The molecule has 0 spiro atoms. The fraction of sp³-hybridized carbons (Fsp3) is 0.622. The lowest BCUT2D eigenvalue weighted by Gasteiger charge is -2.34. The zero-order valence-electron chi connectivity index (χ0n) is 33.9. The summed E-state index contributed by atoms with van der Waals surface area (Å²) in [5, 5.41) is 11.6. The molecular formula is C45H73NO7. The topological polar surface area (TPSA) is 102 Å². The van der Waals surface area contributed by atoms with Crippen molar-refractivity contribution < 1.29 is 38.2 Å². The van der Waals surface area contributed by atoms with Gasteiger partial charge >= 0.3 is 11.9 Å². The molecule has 0 aromatic heterocycles. The Morgan fingerprint density at radius 1 is 0.604 bits per heavy atom. The van der Waals surface area contributed by atoms with Crippen LogP contribution in [-0.2, 0) is 28.6 Å². The van der Waals surface area contributed by atoms with Crippen LogP contribution in [0.5, 0.6) is 0 Å². The average Bonchev–Trinajstić information content (AvgIpc) is 3.11. The van der Waals surface area contributed by atoms with Gasteiger partial charge in [0.05, 0.1) is 40.3 Å². The number of aliphatic carboxylic acids is 1. The molecule has 300 valence electrons. The molecule has 0 heterocycles. The quantitative estimate of drug-likeness (QED) is 0.0213. The number of likely N-dealkylation sites (N-methyl/N-ethyl adjacent to an activating group) is 1. The zero-order valence-corrected chi connectivity index (χ0v) is 33.9. The third-order valence-corrected chi connectivity index (χ3v) is 8.36. The highest BCUT2D eigenvalue weighted by atomic mass is 16.6. The van der Waals surface area contributed by atoms with Crippen LogP contribution in [0, 0.1) is 0 Å². The van der Waals surface area contributed by atoms with E-state index in [1.807, 2.05) is 12.2 Å². The number of carbonyl (C=O) groups excluding carboxylic acids is 3. The molecule has 8 heteroatoms. The summed E-state index contributed by atoms with van der Waals surface area (Å²) in [6.07, 6.45) is 44.7. The number of nitrogens with zero attached hydrogens (tertiary/aromatic N) is 1. The van der Waals surface area contributed by atoms with Gasteiger partial charge in [-0.1, -0.05) is 131 Å². The van der Waals surface area contributed by atoms with E-state index in [1.54, 1.807) is 21.1 Å². The van der Waals surface area contributed by atoms with Crippen molar-refractivity contribution >= 4 is 17.9 Å². The Bertz CT molecular complexity index is 1140. The number of carboxylic acids is 1. The van der Waals surface area contributed by atoms with Crippen LogP contribution in [-0.4, -0.2) is 75.5 Å². The van der Waals surface area contributed by atoms with Crippen molar-refractivity contribution in [2.75, 3.05) is 41.0 Å². The Morgan fingerprint density at radius 2 is 1.15 bits per heavy atom. The second-order valence-electron chi connectivity index (χ2n) is 14.2. The number of allylic oxidation sites excluding steroid dienone is 14. The highest BCUT2D eigenvalue weighted by molar-refractivity contribution is 5.70. The predicted molar refractivity (Wildman–Crippen MR) is 217 cm³/mol. The van der Waals surface area contributed by atoms with Gasteiger partial charge in [-0.05, 0) is 64.2 Å². The van der Waals surface area contributed by atoms with E-state index in [-0.39, 0.29) is 49.1 Å². The SMILES string of the molecule is CC/C=C/C/C=C/C/C=C/CCCC(=O)OC(COCCC(C(=O)[O-])[N+](C)(C)C)COC(=O)CCCCCCC/C=C/C=C/C=C/C=C/CCCCC. The molecule has 0 bridgehead atoms. The lowest BCUT2D eigenvalue weighted by molar-refractivity contribution is -0.889. The van der Waals surface area contributed by atoms with Crippen LogP contribution in [0.15, 0.2) is 85.1 Å². The van der Waals surface area contributed by atoms with Gasteiger partial charge in [0.1, 0.15) is 12.6 Å². The first-order valence-corrected chi connectivity index (χ1v) is 20.2. The standard InChI is InChI=1S/C45H73NO7/c1-6-8-10-12-14-16-18-19-20-21-22-23-24-26-27-29-31-33-35-43(47)52-40-41(39-51-38-37-42(45(49)50)46(3,4)5)53-44(48)36-34-32-30-28-25-17-15-13-11-9-7-2/h9,11,14-23,28,30,41-42H,6-8,10,12-13,24-27,29,31-40H2,1-5H3/b11-9+,16-14+,17-15+,19-18+,21-20+,23-22+,30-28+. The summed E-state index contributed by atoms with van der Waals surface area (Å²) in [5.74, 6) is -1.85. The molecule has 0 aliphatic carbocycles. The molecule has 0 aliphatic heterocycles. The molecule has 2 unspecified atom stereocenters. The molecule has 0 rings (SSSR count). The lowest BCUT2D eigenvalue weighted by atomic mass is 10.1. The molecule has 0 aliphatic rings. The molecule has 0 amide bonds. The van der Waals surface area contributed by atoms with Gasteiger partial charge in [0.2, 0.25) is 0 Å². The maximum Gasteiger partial charge on any atom is 0.306 e. The van der Waals surface area contributed by atoms with Gasteiger partial charge in [-0.2, -0.15) is 0 Å². The van der Waals surface area contributed by atoms with Crippen molar-refractivity contribution in [2.45, 2.75) is 142 Å². The smallest absolute Gasteiger partial charge is 0.306 e. The van der Waals surface area contributed by atoms with E-state index < -0.39 is 18.1 Å². The molecule has 0 saturated heterocycles. The Morgan fingerprint density at radius 3 is 1.77 bits per heavy atom. The highest BCUT2D eigenvalue weighted by Gasteiger charge is 2.25. The van der Waals surface area contributed by atoms with E-state index in [2.05, 4.69) is 86.8 Å². The van der Waals surface area contributed by atoms with Crippen LogP contribution in [0.4, 0.5) is 0 Å². The first-order valence-electron chi connectivity index (χ1n) is 20.2. The number of carbonyl (C=O) groups is 3. The van der Waals surface area contributed by atoms with E-state index in [9.17, 15) is 19.5 Å². The molecule has 0 aromatic rings. The minimum atomic E-state index is -1.14. The van der Waals surface area contributed by atoms with Crippen molar-refractivity contribution in [3.8, 4) is 0 Å². The summed E-state index contributed by atoms with van der Waals surface area (Å²) < 4.78 is 17.0. The molecule has 0 radical (unpaired) electrons. The predicted octanol–water partition coefficient (Wildman–Crippen LogP) is 9.24. The Hall–Kier alpha value is -3.49. The van der Waals surface area contributed by atoms with Crippen molar-refractivity contribution in [1.29, 1.82) is 0 Å². The fourth-order valence-electron chi connectivity index (χ4n) is 5.22.